The second kappa shape index (κ2) is 6.80. The van der Waals surface area contributed by atoms with Gasteiger partial charge in [0.15, 0.2) is 14.5 Å². The van der Waals surface area contributed by atoms with Crippen molar-refractivity contribution in [3.63, 3.8) is 0 Å². The lowest BCUT2D eigenvalue weighted by Crippen LogP contribution is -2.48. The van der Waals surface area contributed by atoms with Gasteiger partial charge in [-0.1, -0.05) is 27.7 Å². The molecule has 0 aliphatic carbocycles. The molecule has 26 heavy (non-hydrogen) atoms. The van der Waals surface area contributed by atoms with Crippen LogP contribution in [-0.2, 0) is 9.16 Å². The van der Waals surface area contributed by atoms with E-state index in [4.69, 9.17) is 15.7 Å². The number of ether oxygens (including phenoxy) is 1. The van der Waals surface area contributed by atoms with Crippen molar-refractivity contribution in [3.8, 4) is 0 Å². The quantitative estimate of drug-likeness (QED) is 0.644. The molecule has 144 valence electrons. The van der Waals surface area contributed by atoms with Crippen LogP contribution >= 0.6 is 0 Å². The van der Waals surface area contributed by atoms with E-state index in [9.17, 15) is 9.59 Å². The Morgan fingerprint density at radius 2 is 2.04 bits per heavy atom. The second-order valence-electron chi connectivity index (χ2n) is 8.47. The van der Waals surface area contributed by atoms with E-state index in [0.29, 0.717) is 6.42 Å². The SMILES string of the molecule is [C-]#[N+][C@]1(CC)O[C@@H](n2ccc(=O)[nH]c2=O)[C@H](O[Si](C)(C)C(C)(C)C)[C@@H]1C. The van der Waals surface area contributed by atoms with Gasteiger partial charge in [0, 0.05) is 12.3 Å². The monoisotopic (exact) mass is 379 g/mol. The summed E-state index contributed by atoms with van der Waals surface area (Å²) in [4.78, 5) is 29.8. The largest absolute Gasteiger partial charge is 0.409 e. The van der Waals surface area contributed by atoms with E-state index in [0.717, 1.165) is 0 Å². The standard InChI is InChI=1S/C18H29N3O4Si/c1-9-18(19-6)12(2)14(25-26(7,8)17(3,4)5)15(24-18)21-11-10-13(22)20-16(21)23/h10-12,14-15H,9H2,1-5,7-8H3,(H,20,22,23)/t12-,14+,15+,18+/m0/s1. The van der Waals surface area contributed by atoms with Gasteiger partial charge < -0.3 is 4.43 Å². The smallest absolute Gasteiger partial charge is 0.343 e. The van der Waals surface area contributed by atoms with Crippen LogP contribution < -0.4 is 11.2 Å². The molecule has 0 spiro atoms. The van der Waals surface area contributed by atoms with Gasteiger partial charge in [-0.25, -0.2) is 11.4 Å². The number of H-pyrrole nitrogens is 1. The first-order chi connectivity index (χ1) is 11.9. The van der Waals surface area contributed by atoms with Crippen molar-refractivity contribution in [3.05, 3.63) is 44.5 Å². The molecule has 1 aliphatic heterocycles. The molecule has 8 heteroatoms. The molecule has 0 amide bonds. The highest BCUT2D eigenvalue weighted by molar-refractivity contribution is 6.74. The van der Waals surface area contributed by atoms with Gasteiger partial charge in [0.05, 0.1) is 12.3 Å². The van der Waals surface area contributed by atoms with Crippen molar-refractivity contribution in [2.24, 2.45) is 5.92 Å². The summed E-state index contributed by atoms with van der Waals surface area (Å²) in [7, 11) is -2.17. The molecule has 1 fully saturated rings. The van der Waals surface area contributed by atoms with Crippen molar-refractivity contribution < 1.29 is 9.16 Å². The third-order valence-corrected chi connectivity index (χ3v) is 10.3. The second-order valence-corrected chi connectivity index (χ2v) is 13.2. The fourth-order valence-electron chi connectivity index (χ4n) is 3.02. The van der Waals surface area contributed by atoms with Gasteiger partial charge in [-0.3, -0.25) is 23.9 Å². The highest BCUT2D eigenvalue weighted by Crippen LogP contribution is 2.48. The maximum Gasteiger partial charge on any atom is 0.343 e. The molecule has 2 heterocycles. The number of nitrogens with one attached hydrogen (secondary N) is 1. The average Bonchev–Trinajstić information content (AvgIpc) is 2.79. The van der Waals surface area contributed by atoms with Crippen LogP contribution in [0.5, 0.6) is 0 Å². The third-order valence-electron chi connectivity index (χ3n) is 5.87. The van der Waals surface area contributed by atoms with E-state index in [-0.39, 0.29) is 11.0 Å². The molecule has 1 aromatic rings. The summed E-state index contributed by atoms with van der Waals surface area (Å²) in [5.74, 6) is -0.219. The number of hydrogen-bond donors (Lipinski definition) is 1. The van der Waals surface area contributed by atoms with E-state index >= 15 is 0 Å². The molecular weight excluding hydrogens is 350 g/mol. The van der Waals surface area contributed by atoms with Crippen molar-refractivity contribution in [2.45, 2.75) is 77.2 Å². The molecule has 4 atom stereocenters. The zero-order chi connectivity index (χ0) is 19.9. The summed E-state index contributed by atoms with van der Waals surface area (Å²) >= 11 is 0. The molecule has 0 unspecified atom stereocenters. The summed E-state index contributed by atoms with van der Waals surface area (Å²) in [6, 6.07) is 1.28. The van der Waals surface area contributed by atoms with E-state index in [2.05, 4.69) is 43.7 Å². The van der Waals surface area contributed by atoms with E-state index in [1.54, 1.807) is 0 Å². The Bertz CT molecular complexity index is 817. The number of aromatic amines is 1. The first-order valence-corrected chi connectivity index (χ1v) is 11.8. The molecule has 7 nitrogen and oxygen atoms in total. The van der Waals surface area contributed by atoms with Gasteiger partial charge in [-0.15, -0.1) is 0 Å². The lowest BCUT2D eigenvalue weighted by Gasteiger charge is -2.40. The van der Waals surface area contributed by atoms with Crippen LogP contribution in [-0.4, -0.2) is 29.7 Å². The van der Waals surface area contributed by atoms with Gasteiger partial charge in [0.25, 0.3) is 5.56 Å². The van der Waals surface area contributed by atoms with Crippen LogP contribution in [0.3, 0.4) is 0 Å². The Hall–Kier alpha value is -1.69. The van der Waals surface area contributed by atoms with Gasteiger partial charge in [0.2, 0.25) is 0 Å². The summed E-state index contributed by atoms with van der Waals surface area (Å²) in [6.45, 7) is 22.2. The first-order valence-electron chi connectivity index (χ1n) is 8.94. The zero-order valence-electron chi connectivity index (χ0n) is 16.6. The molecular formula is C18H29N3O4Si. The van der Waals surface area contributed by atoms with Crippen LogP contribution in [0.15, 0.2) is 21.9 Å². The predicted octanol–water partition coefficient (Wildman–Crippen LogP) is 3.12. The summed E-state index contributed by atoms with van der Waals surface area (Å²) in [5, 5.41) is -0.0250. The van der Waals surface area contributed by atoms with Crippen molar-refractivity contribution in [2.75, 3.05) is 0 Å². The Morgan fingerprint density at radius 3 is 2.50 bits per heavy atom. The van der Waals surface area contributed by atoms with Gasteiger partial charge in [0.1, 0.15) is 6.10 Å². The molecule has 1 saturated heterocycles. The van der Waals surface area contributed by atoms with Crippen molar-refractivity contribution in [1.82, 2.24) is 9.55 Å². The average molecular weight is 380 g/mol. The third kappa shape index (κ3) is 3.43. The predicted molar refractivity (Wildman–Crippen MR) is 102 cm³/mol. The van der Waals surface area contributed by atoms with E-state index in [1.165, 1.54) is 16.8 Å². The van der Waals surface area contributed by atoms with Crippen LogP contribution in [0.25, 0.3) is 4.85 Å². The van der Waals surface area contributed by atoms with E-state index in [1.807, 2.05) is 13.8 Å². The first kappa shape index (κ1) is 20.6. The van der Waals surface area contributed by atoms with Gasteiger partial charge in [-0.05, 0) is 25.1 Å². The van der Waals surface area contributed by atoms with E-state index < -0.39 is 37.6 Å². The lowest BCUT2D eigenvalue weighted by molar-refractivity contribution is -0.0718. The minimum absolute atomic E-state index is 0.0250. The molecule has 1 aromatic heterocycles. The molecule has 2 rings (SSSR count). The highest BCUT2D eigenvalue weighted by atomic mass is 28.4. The lowest BCUT2D eigenvalue weighted by atomic mass is 9.93. The molecule has 0 radical (unpaired) electrons. The Kier molecular flexibility index (Phi) is 5.39. The summed E-state index contributed by atoms with van der Waals surface area (Å²) in [5.41, 5.74) is -2.07. The number of aromatic nitrogens is 2. The number of nitrogens with zero attached hydrogens (tertiary/aromatic N) is 2. The molecule has 0 saturated carbocycles. The minimum Gasteiger partial charge on any atom is -0.409 e. The molecule has 0 bridgehead atoms. The molecule has 0 aromatic carbocycles. The summed E-state index contributed by atoms with van der Waals surface area (Å²) in [6.07, 6.45) is 0.700. The maximum atomic E-state index is 12.3. The maximum absolute atomic E-state index is 12.3. The van der Waals surface area contributed by atoms with Crippen LogP contribution in [0.4, 0.5) is 0 Å². The Balaban J connectivity index is 2.54. The normalized spacial score (nSPS) is 29.5. The van der Waals surface area contributed by atoms with Crippen molar-refractivity contribution >= 4 is 8.32 Å². The fourth-order valence-corrected chi connectivity index (χ4v) is 4.37. The van der Waals surface area contributed by atoms with Gasteiger partial charge >= 0.3 is 11.4 Å². The summed E-state index contributed by atoms with van der Waals surface area (Å²) < 4.78 is 14.1. The van der Waals surface area contributed by atoms with Crippen LogP contribution in [0.1, 0.15) is 47.3 Å². The minimum atomic E-state index is -2.17. The van der Waals surface area contributed by atoms with Crippen LogP contribution in [0, 0.1) is 12.5 Å². The van der Waals surface area contributed by atoms with Gasteiger partial charge in [-0.2, -0.15) is 0 Å². The molecule has 1 aliphatic rings. The number of rotatable bonds is 4. The zero-order valence-corrected chi connectivity index (χ0v) is 17.6. The topological polar surface area (TPSA) is 77.7 Å². The fraction of sp³-hybridized carbons (Fsp3) is 0.722. The Labute approximate surface area is 155 Å². The Morgan fingerprint density at radius 1 is 1.42 bits per heavy atom. The van der Waals surface area contributed by atoms with Crippen LogP contribution in [0.2, 0.25) is 18.1 Å². The molecule has 1 N–H and O–H groups in total. The van der Waals surface area contributed by atoms with Crippen molar-refractivity contribution in [1.29, 1.82) is 0 Å². The number of hydrogen-bond acceptors (Lipinski definition) is 4. The highest BCUT2D eigenvalue weighted by Gasteiger charge is 2.60.